The van der Waals surface area contributed by atoms with E-state index in [4.69, 9.17) is 16.0 Å². The van der Waals surface area contributed by atoms with Gasteiger partial charge in [-0.05, 0) is 36.5 Å². The summed E-state index contributed by atoms with van der Waals surface area (Å²) in [4.78, 5) is 1.02. The first-order valence-corrected chi connectivity index (χ1v) is 6.29. The van der Waals surface area contributed by atoms with E-state index in [1.807, 2.05) is 25.2 Å². The second-order valence-electron chi connectivity index (χ2n) is 3.47. The van der Waals surface area contributed by atoms with E-state index in [0.717, 1.165) is 17.0 Å². The lowest BCUT2D eigenvalue weighted by atomic mass is 10.2. The minimum atomic E-state index is 0.530. The van der Waals surface area contributed by atoms with Crippen molar-refractivity contribution in [3.63, 3.8) is 0 Å². The van der Waals surface area contributed by atoms with Crippen molar-refractivity contribution in [2.45, 2.75) is 23.6 Å². The van der Waals surface area contributed by atoms with E-state index in [0.29, 0.717) is 16.1 Å². The molecule has 0 atom stereocenters. The van der Waals surface area contributed by atoms with Crippen LogP contribution >= 0.6 is 23.4 Å². The Labute approximate surface area is 109 Å². The Morgan fingerprint density at radius 1 is 1.41 bits per heavy atom. The van der Waals surface area contributed by atoms with Crippen molar-refractivity contribution in [3.8, 4) is 0 Å². The lowest BCUT2D eigenvalue weighted by Crippen LogP contribution is -2.05. The number of halogens is 1. The van der Waals surface area contributed by atoms with E-state index >= 15 is 0 Å². The maximum absolute atomic E-state index is 5.99. The van der Waals surface area contributed by atoms with Crippen molar-refractivity contribution >= 4 is 23.4 Å². The zero-order valence-corrected chi connectivity index (χ0v) is 11.1. The maximum atomic E-state index is 5.99. The molecule has 2 rings (SSSR count). The molecular weight excluding hydrogens is 258 g/mol. The molecule has 17 heavy (non-hydrogen) atoms. The Kier molecular flexibility index (Phi) is 4.04. The first kappa shape index (κ1) is 12.4. The number of rotatable bonds is 4. The Morgan fingerprint density at radius 2 is 2.24 bits per heavy atom. The normalized spacial score (nSPS) is 10.8. The molecule has 0 bridgehead atoms. The van der Waals surface area contributed by atoms with Crippen LogP contribution in [0.15, 0.2) is 32.7 Å². The van der Waals surface area contributed by atoms with Gasteiger partial charge in [0.2, 0.25) is 5.89 Å². The molecule has 0 spiro atoms. The van der Waals surface area contributed by atoms with Gasteiger partial charge in [-0.15, -0.1) is 10.2 Å². The quantitative estimate of drug-likeness (QED) is 0.925. The highest BCUT2D eigenvalue weighted by atomic mass is 35.5. The summed E-state index contributed by atoms with van der Waals surface area (Å²) in [5, 5.41) is 12.1. The summed E-state index contributed by atoms with van der Waals surface area (Å²) in [5.41, 5.74) is 1.15. The van der Waals surface area contributed by atoms with Crippen molar-refractivity contribution in [2.75, 3.05) is 7.05 Å². The molecule has 0 aliphatic heterocycles. The largest absolute Gasteiger partial charge is 0.416 e. The van der Waals surface area contributed by atoms with Gasteiger partial charge in [0, 0.05) is 23.4 Å². The molecule has 0 radical (unpaired) electrons. The molecule has 0 saturated carbocycles. The third-order valence-electron chi connectivity index (χ3n) is 2.10. The van der Waals surface area contributed by atoms with E-state index < -0.39 is 0 Å². The Bertz CT molecular complexity index is 515. The van der Waals surface area contributed by atoms with Crippen LogP contribution < -0.4 is 5.32 Å². The Balaban J connectivity index is 2.26. The molecule has 0 amide bonds. The molecule has 1 aromatic heterocycles. The van der Waals surface area contributed by atoms with Crippen LogP contribution in [-0.4, -0.2) is 17.2 Å². The highest BCUT2D eigenvalue weighted by Crippen LogP contribution is 2.31. The van der Waals surface area contributed by atoms with Gasteiger partial charge in [0.25, 0.3) is 5.22 Å². The number of nitrogens with one attached hydrogen (secondary N) is 1. The minimum absolute atomic E-state index is 0.530. The monoisotopic (exact) mass is 269 g/mol. The zero-order valence-electron chi connectivity index (χ0n) is 9.53. The highest BCUT2D eigenvalue weighted by molar-refractivity contribution is 7.99. The predicted molar refractivity (Wildman–Crippen MR) is 67.4 cm³/mol. The van der Waals surface area contributed by atoms with Gasteiger partial charge in [0.15, 0.2) is 0 Å². The SMILES string of the molecule is CNCc1ccc(Cl)cc1Sc1nnc(C)o1. The van der Waals surface area contributed by atoms with Crippen LogP contribution in [0.2, 0.25) is 5.02 Å². The number of nitrogens with zero attached hydrogens (tertiary/aromatic N) is 2. The van der Waals surface area contributed by atoms with Crippen molar-refractivity contribution in [1.82, 2.24) is 15.5 Å². The van der Waals surface area contributed by atoms with Crippen molar-refractivity contribution in [1.29, 1.82) is 0 Å². The third kappa shape index (κ3) is 3.21. The predicted octanol–water partition coefficient (Wildman–Crippen LogP) is 2.90. The zero-order chi connectivity index (χ0) is 12.3. The molecule has 6 heteroatoms. The number of benzene rings is 1. The molecule has 0 aliphatic carbocycles. The van der Waals surface area contributed by atoms with E-state index in [9.17, 15) is 0 Å². The fraction of sp³-hybridized carbons (Fsp3) is 0.273. The van der Waals surface area contributed by atoms with E-state index in [1.54, 1.807) is 6.92 Å². The molecular formula is C11H12ClN3OS. The van der Waals surface area contributed by atoms with Crippen LogP contribution in [0.3, 0.4) is 0 Å². The molecule has 1 aromatic carbocycles. The summed E-state index contributed by atoms with van der Waals surface area (Å²) in [6.45, 7) is 2.54. The van der Waals surface area contributed by atoms with Crippen LogP contribution in [0.25, 0.3) is 0 Å². The topological polar surface area (TPSA) is 51.0 Å². The Hall–Kier alpha value is -1.04. The maximum Gasteiger partial charge on any atom is 0.281 e. The van der Waals surface area contributed by atoms with Gasteiger partial charge < -0.3 is 9.73 Å². The fourth-order valence-corrected chi connectivity index (χ4v) is 2.50. The van der Waals surface area contributed by atoms with Crippen molar-refractivity contribution in [2.24, 2.45) is 0 Å². The number of hydrogen-bond acceptors (Lipinski definition) is 5. The number of hydrogen-bond donors (Lipinski definition) is 1. The summed E-state index contributed by atoms with van der Waals surface area (Å²) in [5.74, 6) is 0.560. The molecule has 1 heterocycles. The summed E-state index contributed by atoms with van der Waals surface area (Å²) in [7, 11) is 1.90. The molecule has 90 valence electrons. The van der Waals surface area contributed by atoms with Crippen LogP contribution in [0.4, 0.5) is 0 Å². The van der Waals surface area contributed by atoms with Gasteiger partial charge in [-0.1, -0.05) is 17.7 Å². The molecule has 0 saturated heterocycles. The second-order valence-corrected chi connectivity index (χ2v) is 4.90. The first-order valence-electron chi connectivity index (χ1n) is 5.10. The number of aryl methyl sites for hydroxylation is 1. The van der Waals surface area contributed by atoms with Gasteiger partial charge in [-0.2, -0.15) is 0 Å². The summed E-state index contributed by atoms with van der Waals surface area (Å²) in [6.07, 6.45) is 0. The molecule has 2 aromatic rings. The molecule has 0 fully saturated rings. The van der Waals surface area contributed by atoms with Gasteiger partial charge in [-0.3, -0.25) is 0 Å². The highest BCUT2D eigenvalue weighted by Gasteiger charge is 2.09. The van der Waals surface area contributed by atoms with Crippen molar-refractivity contribution < 1.29 is 4.42 Å². The number of aromatic nitrogens is 2. The van der Waals surface area contributed by atoms with E-state index in [2.05, 4.69) is 15.5 Å². The van der Waals surface area contributed by atoms with Gasteiger partial charge >= 0.3 is 0 Å². The smallest absolute Gasteiger partial charge is 0.281 e. The van der Waals surface area contributed by atoms with Crippen LogP contribution in [0.5, 0.6) is 0 Å². The van der Waals surface area contributed by atoms with Gasteiger partial charge in [-0.25, -0.2) is 0 Å². The molecule has 4 nitrogen and oxygen atoms in total. The summed E-state index contributed by atoms with van der Waals surface area (Å²) < 4.78 is 5.34. The van der Waals surface area contributed by atoms with Crippen molar-refractivity contribution in [3.05, 3.63) is 34.7 Å². The van der Waals surface area contributed by atoms with E-state index in [-0.39, 0.29) is 0 Å². The van der Waals surface area contributed by atoms with Gasteiger partial charge in [0.1, 0.15) is 0 Å². The molecule has 0 unspecified atom stereocenters. The van der Waals surface area contributed by atoms with Crippen LogP contribution in [0.1, 0.15) is 11.5 Å². The minimum Gasteiger partial charge on any atom is -0.416 e. The first-order chi connectivity index (χ1) is 8.19. The standard InChI is InChI=1S/C11H12ClN3OS/c1-7-14-15-11(16-7)17-10-5-9(12)4-3-8(10)6-13-2/h3-5,13H,6H2,1-2H3. The summed E-state index contributed by atoms with van der Waals surface area (Å²) in [6, 6.07) is 5.76. The van der Waals surface area contributed by atoms with Gasteiger partial charge in [0.05, 0.1) is 0 Å². The summed E-state index contributed by atoms with van der Waals surface area (Å²) >= 11 is 7.41. The van der Waals surface area contributed by atoms with Crippen LogP contribution in [0, 0.1) is 6.92 Å². The third-order valence-corrected chi connectivity index (χ3v) is 3.28. The van der Waals surface area contributed by atoms with Crippen LogP contribution in [-0.2, 0) is 6.54 Å². The molecule has 1 N–H and O–H groups in total. The molecule has 0 aliphatic rings. The second kappa shape index (κ2) is 5.53. The average Bonchev–Trinajstić information content (AvgIpc) is 2.68. The average molecular weight is 270 g/mol. The Morgan fingerprint density at radius 3 is 2.88 bits per heavy atom. The van der Waals surface area contributed by atoms with E-state index in [1.165, 1.54) is 11.8 Å². The fourth-order valence-electron chi connectivity index (χ4n) is 1.37. The lowest BCUT2D eigenvalue weighted by Gasteiger charge is -2.06. The lowest BCUT2D eigenvalue weighted by molar-refractivity contribution is 0.429.